The second kappa shape index (κ2) is 8.02. The Morgan fingerprint density at radius 2 is 1.84 bits per heavy atom. The fraction of sp³-hybridized carbons (Fsp3) is 0.600. The number of hydrogen-bond donors (Lipinski definition) is 1. The van der Waals surface area contributed by atoms with E-state index < -0.39 is 0 Å². The molecular formula is C15H25NO3. The third-order valence-corrected chi connectivity index (χ3v) is 3.13. The number of benzene rings is 1. The Kier molecular flexibility index (Phi) is 6.67. The van der Waals surface area contributed by atoms with Crippen LogP contribution in [0.2, 0.25) is 0 Å². The molecule has 0 heterocycles. The quantitative estimate of drug-likeness (QED) is 0.786. The molecular weight excluding hydrogens is 242 g/mol. The van der Waals surface area contributed by atoms with Crippen LogP contribution in [0.15, 0.2) is 18.2 Å². The topological polar surface area (TPSA) is 39.7 Å². The molecule has 108 valence electrons. The standard InChI is InChI=1S/C15H25NO3/c1-11(10-17-3)9-16-12(2)14-8-13(18-4)6-7-15(14)19-5/h6-8,11-12,16H,9-10H2,1-5H3. The first-order chi connectivity index (χ1) is 9.12. The van der Waals surface area contributed by atoms with Crippen LogP contribution in [0.25, 0.3) is 0 Å². The predicted octanol–water partition coefficient (Wildman–Crippen LogP) is 2.64. The van der Waals surface area contributed by atoms with E-state index in [0.717, 1.165) is 30.2 Å². The molecule has 1 aromatic carbocycles. The lowest BCUT2D eigenvalue weighted by atomic mass is 10.1. The van der Waals surface area contributed by atoms with Crippen molar-refractivity contribution in [3.63, 3.8) is 0 Å². The van der Waals surface area contributed by atoms with Crippen LogP contribution in [-0.2, 0) is 4.74 Å². The zero-order valence-electron chi connectivity index (χ0n) is 12.5. The van der Waals surface area contributed by atoms with E-state index in [1.54, 1.807) is 21.3 Å². The van der Waals surface area contributed by atoms with Gasteiger partial charge >= 0.3 is 0 Å². The summed E-state index contributed by atoms with van der Waals surface area (Å²) in [6.45, 7) is 5.94. The van der Waals surface area contributed by atoms with Crippen molar-refractivity contribution >= 4 is 0 Å². The molecule has 0 aliphatic heterocycles. The molecule has 0 saturated carbocycles. The molecule has 1 N–H and O–H groups in total. The fourth-order valence-electron chi connectivity index (χ4n) is 2.01. The molecule has 0 spiro atoms. The smallest absolute Gasteiger partial charge is 0.123 e. The van der Waals surface area contributed by atoms with Gasteiger partial charge in [-0.3, -0.25) is 0 Å². The summed E-state index contributed by atoms with van der Waals surface area (Å²) in [5.74, 6) is 2.19. The van der Waals surface area contributed by atoms with Crippen molar-refractivity contribution in [2.75, 3.05) is 34.5 Å². The maximum absolute atomic E-state index is 5.40. The van der Waals surface area contributed by atoms with Gasteiger partial charge < -0.3 is 19.5 Å². The summed E-state index contributed by atoms with van der Waals surface area (Å²) < 4.78 is 15.8. The molecule has 4 nitrogen and oxygen atoms in total. The molecule has 1 aromatic rings. The largest absolute Gasteiger partial charge is 0.497 e. The van der Waals surface area contributed by atoms with Crippen molar-refractivity contribution in [3.8, 4) is 11.5 Å². The lowest BCUT2D eigenvalue weighted by molar-refractivity contribution is 0.157. The van der Waals surface area contributed by atoms with Gasteiger partial charge in [0.15, 0.2) is 0 Å². The molecule has 0 radical (unpaired) electrons. The van der Waals surface area contributed by atoms with Crippen LogP contribution >= 0.6 is 0 Å². The summed E-state index contributed by atoms with van der Waals surface area (Å²) in [6.07, 6.45) is 0. The van der Waals surface area contributed by atoms with Gasteiger partial charge in [-0.05, 0) is 31.0 Å². The average molecular weight is 267 g/mol. The Balaban J connectivity index is 2.71. The lowest BCUT2D eigenvalue weighted by Gasteiger charge is -2.20. The van der Waals surface area contributed by atoms with E-state index in [9.17, 15) is 0 Å². The average Bonchev–Trinajstić information content (AvgIpc) is 2.44. The molecule has 1 rings (SSSR count). The molecule has 0 fully saturated rings. The van der Waals surface area contributed by atoms with Crippen LogP contribution in [0.3, 0.4) is 0 Å². The van der Waals surface area contributed by atoms with Crippen LogP contribution in [0.4, 0.5) is 0 Å². The van der Waals surface area contributed by atoms with Crippen molar-refractivity contribution in [1.29, 1.82) is 0 Å². The Labute approximate surface area is 116 Å². The number of methoxy groups -OCH3 is 3. The summed E-state index contributed by atoms with van der Waals surface area (Å²) in [5.41, 5.74) is 1.10. The zero-order valence-corrected chi connectivity index (χ0v) is 12.5. The van der Waals surface area contributed by atoms with Crippen molar-refractivity contribution in [3.05, 3.63) is 23.8 Å². The van der Waals surface area contributed by atoms with Gasteiger partial charge in [0.25, 0.3) is 0 Å². The Morgan fingerprint density at radius 1 is 1.11 bits per heavy atom. The van der Waals surface area contributed by atoms with Crippen molar-refractivity contribution < 1.29 is 14.2 Å². The molecule has 0 saturated heterocycles. The van der Waals surface area contributed by atoms with E-state index >= 15 is 0 Å². The number of rotatable bonds is 8. The molecule has 0 aromatic heterocycles. The van der Waals surface area contributed by atoms with Gasteiger partial charge in [0.05, 0.1) is 14.2 Å². The van der Waals surface area contributed by atoms with Crippen LogP contribution in [0.5, 0.6) is 11.5 Å². The van der Waals surface area contributed by atoms with Gasteiger partial charge in [0, 0.05) is 31.9 Å². The van der Waals surface area contributed by atoms with Gasteiger partial charge in [-0.2, -0.15) is 0 Å². The molecule has 2 atom stereocenters. The minimum absolute atomic E-state index is 0.198. The summed E-state index contributed by atoms with van der Waals surface area (Å²) in [4.78, 5) is 0. The van der Waals surface area contributed by atoms with Gasteiger partial charge in [-0.15, -0.1) is 0 Å². The monoisotopic (exact) mass is 267 g/mol. The molecule has 0 aliphatic rings. The molecule has 4 heteroatoms. The molecule has 0 bridgehead atoms. The minimum Gasteiger partial charge on any atom is -0.497 e. The van der Waals surface area contributed by atoms with Crippen molar-refractivity contribution in [2.45, 2.75) is 19.9 Å². The van der Waals surface area contributed by atoms with Crippen molar-refractivity contribution in [2.24, 2.45) is 5.92 Å². The van der Waals surface area contributed by atoms with Gasteiger partial charge in [-0.1, -0.05) is 6.92 Å². The minimum atomic E-state index is 0.198. The Bertz CT molecular complexity index is 382. The summed E-state index contributed by atoms with van der Waals surface area (Å²) in [7, 11) is 5.08. The lowest BCUT2D eigenvalue weighted by Crippen LogP contribution is -2.26. The van der Waals surface area contributed by atoms with E-state index in [-0.39, 0.29) is 6.04 Å². The SMILES string of the molecule is COCC(C)CNC(C)c1cc(OC)ccc1OC. The summed E-state index contributed by atoms with van der Waals surface area (Å²) in [6, 6.07) is 6.05. The van der Waals surface area contributed by atoms with Gasteiger partial charge in [0.2, 0.25) is 0 Å². The maximum atomic E-state index is 5.40. The highest BCUT2D eigenvalue weighted by atomic mass is 16.5. The highest BCUT2D eigenvalue weighted by Gasteiger charge is 2.13. The first-order valence-corrected chi connectivity index (χ1v) is 6.56. The third-order valence-electron chi connectivity index (χ3n) is 3.13. The second-order valence-electron chi connectivity index (χ2n) is 4.80. The number of ether oxygens (including phenoxy) is 3. The van der Waals surface area contributed by atoms with E-state index in [1.165, 1.54) is 0 Å². The van der Waals surface area contributed by atoms with E-state index in [4.69, 9.17) is 14.2 Å². The molecule has 2 unspecified atom stereocenters. The maximum Gasteiger partial charge on any atom is 0.123 e. The fourth-order valence-corrected chi connectivity index (χ4v) is 2.01. The summed E-state index contributed by atoms with van der Waals surface area (Å²) >= 11 is 0. The predicted molar refractivity (Wildman–Crippen MR) is 77.0 cm³/mol. The van der Waals surface area contributed by atoms with Crippen molar-refractivity contribution in [1.82, 2.24) is 5.32 Å². The van der Waals surface area contributed by atoms with Gasteiger partial charge in [0.1, 0.15) is 11.5 Å². The first-order valence-electron chi connectivity index (χ1n) is 6.56. The Morgan fingerprint density at radius 3 is 2.42 bits per heavy atom. The van der Waals surface area contributed by atoms with Crippen LogP contribution in [-0.4, -0.2) is 34.5 Å². The highest BCUT2D eigenvalue weighted by Crippen LogP contribution is 2.29. The van der Waals surface area contributed by atoms with E-state index in [0.29, 0.717) is 5.92 Å². The summed E-state index contributed by atoms with van der Waals surface area (Å²) in [5, 5.41) is 3.49. The van der Waals surface area contributed by atoms with Crippen LogP contribution in [0, 0.1) is 5.92 Å². The van der Waals surface area contributed by atoms with Gasteiger partial charge in [-0.25, -0.2) is 0 Å². The third kappa shape index (κ3) is 4.73. The normalized spacial score (nSPS) is 13.9. The molecule has 0 amide bonds. The highest BCUT2D eigenvalue weighted by molar-refractivity contribution is 5.42. The Hall–Kier alpha value is -1.26. The van der Waals surface area contributed by atoms with Crippen LogP contribution < -0.4 is 14.8 Å². The second-order valence-corrected chi connectivity index (χ2v) is 4.80. The van der Waals surface area contributed by atoms with E-state index in [2.05, 4.69) is 19.2 Å². The van der Waals surface area contributed by atoms with Crippen LogP contribution in [0.1, 0.15) is 25.5 Å². The zero-order chi connectivity index (χ0) is 14.3. The number of hydrogen-bond acceptors (Lipinski definition) is 4. The number of nitrogens with one attached hydrogen (secondary N) is 1. The van der Waals surface area contributed by atoms with E-state index in [1.807, 2.05) is 18.2 Å². The first kappa shape index (κ1) is 15.8. The molecule has 0 aliphatic carbocycles. The molecule has 19 heavy (non-hydrogen) atoms.